The summed E-state index contributed by atoms with van der Waals surface area (Å²) in [5.74, 6) is 0.103. The smallest absolute Gasteiger partial charge is 0.265 e. The summed E-state index contributed by atoms with van der Waals surface area (Å²) >= 11 is 0. The molecule has 0 spiro atoms. The van der Waals surface area contributed by atoms with Crippen LogP contribution in [0.4, 0.5) is 0 Å². The van der Waals surface area contributed by atoms with Crippen LogP contribution in [0.2, 0.25) is 0 Å². The van der Waals surface area contributed by atoms with Crippen LogP contribution in [0.25, 0.3) is 0 Å². The Morgan fingerprint density at radius 3 is 3.33 bits per heavy atom. The summed E-state index contributed by atoms with van der Waals surface area (Å²) in [6, 6.07) is 0.234. The minimum Gasteiger partial charge on any atom is -0.277 e. The lowest BCUT2D eigenvalue weighted by Crippen LogP contribution is -2.33. The summed E-state index contributed by atoms with van der Waals surface area (Å²) in [5, 5.41) is 1.57. The van der Waals surface area contributed by atoms with Gasteiger partial charge in [-0.2, -0.15) is 0 Å². The Morgan fingerprint density at radius 1 is 1.67 bits per heavy atom. The average molecular weight is 164 g/mol. The number of carbonyl (C=O) groups excluding carboxylic acids is 1. The SMILES string of the molecule is CN1NC2CCC=CC=C2C1=O. The highest BCUT2D eigenvalue weighted by atomic mass is 16.2. The summed E-state index contributed by atoms with van der Waals surface area (Å²) < 4.78 is 0. The second-order valence-corrected chi connectivity index (χ2v) is 3.17. The molecular weight excluding hydrogens is 152 g/mol. The molecule has 1 saturated heterocycles. The molecule has 0 radical (unpaired) electrons. The molecule has 1 atom stereocenters. The maximum absolute atomic E-state index is 11.5. The van der Waals surface area contributed by atoms with Gasteiger partial charge in [0.1, 0.15) is 0 Å². The standard InChI is InChI=1S/C9H12N2O/c1-11-9(12)7-5-3-2-4-6-8(7)10-11/h2-3,5,8,10H,4,6H2,1H3. The van der Waals surface area contributed by atoms with Crippen LogP contribution in [0, 0.1) is 0 Å². The molecule has 64 valence electrons. The molecule has 1 N–H and O–H groups in total. The molecule has 0 aromatic carbocycles. The number of nitrogens with one attached hydrogen (secondary N) is 1. The number of hydrogen-bond donors (Lipinski definition) is 1. The van der Waals surface area contributed by atoms with Gasteiger partial charge in [0.2, 0.25) is 0 Å². The van der Waals surface area contributed by atoms with Gasteiger partial charge in [0.05, 0.1) is 6.04 Å². The van der Waals surface area contributed by atoms with Gasteiger partial charge in [0.25, 0.3) is 5.91 Å². The lowest BCUT2D eigenvalue weighted by Gasteiger charge is -2.10. The van der Waals surface area contributed by atoms with Crippen LogP contribution in [0.1, 0.15) is 12.8 Å². The number of fused-ring (bicyclic) bond motifs is 1. The molecule has 3 nitrogen and oxygen atoms in total. The van der Waals surface area contributed by atoms with Gasteiger partial charge >= 0.3 is 0 Å². The van der Waals surface area contributed by atoms with Gasteiger partial charge in [0, 0.05) is 12.6 Å². The first-order chi connectivity index (χ1) is 5.79. The molecule has 0 saturated carbocycles. The van der Waals surface area contributed by atoms with Gasteiger partial charge in [-0.1, -0.05) is 18.2 Å². The molecule has 1 fully saturated rings. The quantitative estimate of drug-likeness (QED) is 0.569. The molecule has 0 bridgehead atoms. The highest BCUT2D eigenvalue weighted by molar-refractivity contribution is 5.96. The second-order valence-electron chi connectivity index (χ2n) is 3.17. The molecule has 1 amide bonds. The van der Waals surface area contributed by atoms with Crippen molar-refractivity contribution in [3.63, 3.8) is 0 Å². The third-order valence-corrected chi connectivity index (χ3v) is 2.31. The predicted molar refractivity (Wildman–Crippen MR) is 46.2 cm³/mol. The molecule has 0 aromatic rings. The van der Waals surface area contributed by atoms with Crippen LogP contribution in [0.3, 0.4) is 0 Å². The number of nitrogens with zero attached hydrogens (tertiary/aromatic N) is 1. The van der Waals surface area contributed by atoms with E-state index in [-0.39, 0.29) is 11.9 Å². The molecule has 0 aromatic heterocycles. The fraction of sp³-hybridized carbons (Fsp3) is 0.444. The summed E-state index contributed by atoms with van der Waals surface area (Å²) in [5.41, 5.74) is 4.02. The van der Waals surface area contributed by atoms with Gasteiger partial charge in [0.15, 0.2) is 0 Å². The third kappa shape index (κ3) is 1.06. The number of amides is 1. The molecule has 3 heteroatoms. The van der Waals surface area contributed by atoms with Crippen molar-refractivity contribution < 1.29 is 4.79 Å². The maximum atomic E-state index is 11.5. The molecule has 1 unspecified atom stereocenters. The van der Waals surface area contributed by atoms with Crippen molar-refractivity contribution >= 4 is 5.91 Å². The normalized spacial score (nSPS) is 28.4. The molecule has 1 heterocycles. The van der Waals surface area contributed by atoms with Crippen LogP contribution in [0.15, 0.2) is 23.8 Å². The molecular formula is C9H12N2O. The van der Waals surface area contributed by atoms with Crippen molar-refractivity contribution in [1.82, 2.24) is 10.4 Å². The number of hydrogen-bond acceptors (Lipinski definition) is 2. The van der Waals surface area contributed by atoms with E-state index in [0.717, 1.165) is 18.4 Å². The first-order valence-electron chi connectivity index (χ1n) is 4.20. The van der Waals surface area contributed by atoms with Crippen molar-refractivity contribution in [3.8, 4) is 0 Å². The fourth-order valence-corrected chi connectivity index (χ4v) is 1.64. The minimum atomic E-state index is 0.103. The van der Waals surface area contributed by atoms with Gasteiger partial charge in [-0.25, -0.2) is 5.43 Å². The number of likely N-dealkylation sites (N-methyl/N-ethyl adjacent to an activating group) is 1. The minimum absolute atomic E-state index is 0.103. The summed E-state index contributed by atoms with van der Waals surface area (Å²) in [6.07, 6.45) is 8.03. The van der Waals surface area contributed by atoms with E-state index in [1.807, 2.05) is 12.2 Å². The highest BCUT2D eigenvalue weighted by Crippen LogP contribution is 2.20. The number of allylic oxidation sites excluding steroid dienone is 3. The van der Waals surface area contributed by atoms with E-state index in [9.17, 15) is 4.79 Å². The van der Waals surface area contributed by atoms with E-state index < -0.39 is 0 Å². The Bertz CT molecular complexity index is 268. The number of rotatable bonds is 0. The van der Waals surface area contributed by atoms with Crippen LogP contribution in [-0.4, -0.2) is 24.0 Å². The molecule has 12 heavy (non-hydrogen) atoms. The van der Waals surface area contributed by atoms with Gasteiger partial charge < -0.3 is 0 Å². The topological polar surface area (TPSA) is 32.3 Å². The van der Waals surface area contributed by atoms with Crippen LogP contribution in [-0.2, 0) is 4.79 Å². The predicted octanol–water partition coefficient (Wildman–Crippen LogP) is 0.608. The largest absolute Gasteiger partial charge is 0.277 e. The Hall–Kier alpha value is -1.09. The van der Waals surface area contributed by atoms with E-state index in [1.54, 1.807) is 12.1 Å². The highest BCUT2D eigenvalue weighted by Gasteiger charge is 2.31. The van der Waals surface area contributed by atoms with E-state index >= 15 is 0 Å². The Balaban J connectivity index is 2.29. The van der Waals surface area contributed by atoms with Crippen LogP contribution >= 0.6 is 0 Å². The van der Waals surface area contributed by atoms with Crippen molar-refractivity contribution in [2.24, 2.45) is 0 Å². The Labute approximate surface area is 71.7 Å². The van der Waals surface area contributed by atoms with Gasteiger partial charge in [-0.05, 0) is 12.8 Å². The third-order valence-electron chi connectivity index (χ3n) is 2.31. The lowest BCUT2D eigenvalue weighted by atomic mass is 10.1. The van der Waals surface area contributed by atoms with Crippen molar-refractivity contribution in [1.29, 1.82) is 0 Å². The lowest BCUT2D eigenvalue weighted by molar-refractivity contribution is -0.125. The van der Waals surface area contributed by atoms with E-state index in [1.165, 1.54) is 0 Å². The van der Waals surface area contributed by atoms with Crippen LogP contribution < -0.4 is 5.43 Å². The van der Waals surface area contributed by atoms with Crippen LogP contribution in [0.5, 0.6) is 0 Å². The monoisotopic (exact) mass is 164 g/mol. The molecule has 2 rings (SSSR count). The number of carbonyl (C=O) groups is 1. The van der Waals surface area contributed by atoms with Crippen molar-refractivity contribution in [3.05, 3.63) is 23.8 Å². The van der Waals surface area contributed by atoms with E-state index in [2.05, 4.69) is 11.5 Å². The average Bonchev–Trinajstić information content (AvgIpc) is 2.30. The maximum Gasteiger partial charge on any atom is 0.265 e. The second kappa shape index (κ2) is 2.75. The van der Waals surface area contributed by atoms with Gasteiger partial charge in [-0.15, -0.1) is 0 Å². The zero-order chi connectivity index (χ0) is 8.55. The van der Waals surface area contributed by atoms with E-state index in [4.69, 9.17) is 0 Å². The molecule has 1 aliphatic carbocycles. The zero-order valence-corrected chi connectivity index (χ0v) is 7.08. The summed E-state index contributed by atoms with van der Waals surface area (Å²) in [7, 11) is 1.77. The molecule has 1 aliphatic heterocycles. The molecule has 2 aliphatic rings. The van der Waals surface area contributed by atoms with E-state index in [0.29, 0.717) is 0 Å². The fourth-order valence-electron chi connectivity index (χ4n) is 1.64. The van der Waals surface area contributed by atoms with Gasteiger partial charge in [-0.3, -0.25) is 9.80 Å². The first kappa shape index (κ1) is 7.55. The number of hydrazine groups is 1. The first-order valence-corrected chi connectivity index (χ1v) is 4.20. The Kier molecular flexibility index (Phi) is 1.73. The summed E-state index contributed by atoms with van der Waals surface area (Å²) in [4.78, 5) is 11.5. The Morgan fingerprint density at radius 2 is 2.50 bits per heavy atom. The summed E-state index contributed by atoms with van der Waals surface area (Å²) in [6.45, 7) is 0. The zero-order valence-electron chi connectivity index (χ0n) is 7.08. The van der Waals surface area contributed by atoms with Crippen molar-refractivity contribution in [2.75, 3.05) is 7.05 Å². The van der Waals surface area contributed by atoms with Crippen molar-refractivity contribution in [2.45, 2.75) is 18.9 Å².